The lowest BCUT2D eigenvalue weighted by Gasteiger charge is -2.28. The van der Waals surface area contributed by atoms with Crippen LogP contribution in [0.4, 0.5) is 0 Å². The molecule has 25 heavy (non-hydrogen) atoms. The maximum Gasteiger partial charge on any atom is 0.307 e. The summed E-state index contributed by atoms with van der Waals surface area (Å²) in [7, 11) is 0. The van der Waals surface area contributed by atoms with Crippen molar-refractivity contribution >= 4 is 11.9 Å². The highest BCUT2D eigenvalue weighted by molar-refractivity contribution is 5.94. The molecule has 0 bridgehead atoms. The second-order valence-corrected chi connectivity index (χ2v) is 5.89. The zero-order chi connectivity index (χ0) is 17.9. The number of nitrogens with zero attached hydrogens (tertiary/aromatic N) is 3. The predicted molar refractivity (Wildman–Crippen MR) is 93.3 cm³/mol. The van der Waals surface area contributed by atoms with Gasteiger partial charge in [0.25, 0.3) is 5.91 Å². The van der Waals surface area contributed by atoms with Crippen LogP contribution >= 0.6 is 0 Å². The summed E-state index contributed by atoms with van der Waals surface area (Å²) in [5.74, 6) is -0.350. The van der Waals surface area contributed by atoms with Crippen molar-refractivity contribution in [3.8, 4) is 0 Å². The molecule has 1 aromatic heterocycles. The quantitative estimate of drug-likeness (QED) is 0.624. The van der Waals surface area contributed by atoms with Gasteiger partial charge in [0, 0.05) is 50.7 Å². The minimum absolute atomic E-state index is 0.0753. The van der Waals surface area contributed by atoms with Crippen molar-refractivity contribution in [3.63, 3.8) is 0 Å². The smallest absolute Gasteiger partial charge is 0.307 e. The number of carbonyl (C=O) groups excluding carboxylic acids is 2. The number of pyridine rings is 1. The average molecular weight is 349 g/mol. The van der Waals surface area contributed by atoms with Gasteiger partial charge in [-0.15, -0.1) is 0 Å². The van der Waals surface area contributed by atoms with E-state index in [1.165, 1.54) is 0 Å². The summed E-state index contributed by atoms with van der Waals surface area (Å²) in [6, 6.07) is 3.39. The summed E-state index contributed by atoms with van der Waals surface area (Å²) in [5.41, 5.74) is 0.588. The molecule has 0 unspecified atom stereocenters. The van der Waals surface area contributed by atoms with E-state index in [9.17, 15) is 9.59 Å². The summed E-state index contributed by atoms with van der Waals surface area (Å²) in [4.78, 5) is 32.4. The highest BCUT2D eigenvalue weighted by Crippen LogP contribution is 2.07. The SMILES string of the molecule is CCOC(=O)CCN(CCCN1CCOCC1)C(=O)c1ccncc1. The average Bonchev–Trinajstić information content (AvgIpc) is 2.66. The highest BCUT2D eigenvalue weighted by Gasteiger charge is 2.18. The van der Waals surface area contributed by atoms with Gasteiger partial charge in [-0.1, -0.05) is 0 Å². The Balaban J connectivity index is 1.88. The van der Waals surface area contributed by atoms with E-state index in [4.69, 9.17) is 9.47 Å². The number of hydrogen-bond donors (Lipinski definition) is 0. The van der Waals surface area contributed by atoms with Crippen LogP contribution in [0.15, 0.2) is 24.5 Å². The van der Waals surface area contributed by atoms with Crippen LogP contribution in [0.3, 0.4) is 0 Å². The normalized spacial score (nSPS) is 14.9. The van der Waals surface area contributed by atoms with Gasteiger partial charge in [-0.3, -0.25) is 19.5 Å². The first-order valence-electron chi connectivity index (χ1n) is 8.85. The van der Waals surface area contributed by atoms with Gasteiger partial charge in [0.2, 0.25) is 0 Å². The summed E-state index contributed by atoms with van der Waals surface area (Å²) in [6.45, 7) is 7.42. The van der Waals surface area contributed by atoms with Crippen LogP contribution < -0.4 is 0 Å². The van der Waals surface area contributed by atoms with Gasteiger partial charge < -0.3 is 14.4 Å². The third-order valence-corrected chi connectivity index (χ3v) is 4.11. The van der Waals surface area contributed by atoms with Crippen molar-refractivity contribution < 1.29 is 19.1 Å². The topological polar surface area (TPSA) is 72.0 Å². The Morgan fingerprint density at radius 3 is 2.64 bits per heavy atom. The molecule has 7 nitrogen and oxygen atoms in total. The Kier molecular flexibility index (Phi) is 8.34. The van der Waals surface area contributed by atoms with Crippen molar-refractivity contribution in [2.45, 2.75) is 19.8 Å². The second kappa shape index (κ2) is 10.8. The zero-order valence-corrected chi connectivity index (χ0v) is 14.9. The Hall–Kier alpha value is -1.99. The summed E-state index contributed by atoms with van der Waals surface area (Å²) >= 11 is 0. The second-order valence-electron chi connectivity index (χ2n) is 5.89. The summed E-state index contributed by atoms with van der Waals surface area (Å²) in [6.07, 6.45) is 4.27. The van der Waals surface area contributed by atoms with Gasteiger partial charge >= 0.3 is 5.97 Å². The first kappa shape index (κ1) is 19.3. The van der Waals surface area contributed by atoms with Gasteiger partial charge in [-0.25, -0.2) is 0 Å². The first-order chi connectivity index (χ1) is 12.2. The van der Waals surface area contributed by atoms with Gasteiger partial charge in [-0.2, -0.15) is 0 Å². The molecule has 1 saturated heterocycles. The molecule has 0 saturated carbocycles. The van der Waals surface area contributed by atoms with Gasteiger partial charge in [0.1, 0.15) is 0 Å². The Labute approximate surface area is 148 Å². The Morgan fingerprint density at radius 2 is 1.96 bits per heavy atom. The lowest BCUT2D eigenvalue weighted by Crippen LogP contribution is -2.39. The van der Waals surface area contributed by atoms with E-state index in [1.807, 2.05) is 0 Å². The van der Waals surface area contributed by atoms with Crippen molar-refractivity contribution in [1.29, 1.82) is 0 Å². The van der Waals surface area contributed by atoms with Crippen molar-refractivity contribution in [2.24, 2.45) is 0 Å². The largest absolute Gasteiger partial charge is 0.466 e. The van der Waals surface area contributed by atoms with Crippen LogP contribution in [0, 0.1) is 0 Å². The maximum absolute atomic E-state index is 12.7. The predicted octanol–water partition coefficient (Wildman–Crippen LogP) is 1.20. The lowest BCUT2D eigenvalue weighted by molar-refractivity contribution is -0.143. The van der Waals surface area contributed by atoms with E-state index in [-0.39, 0.29) is 18.3 Å². The van der Waals surface area contributed by atoms with E-state index in [1.54, 1.807) is 36.4 Å². The van der Waals surface area contributed by atoms with Crippen LogP contribution in [0.2, 0.25) is 0 Å². The maximum atomic E-state index is 12.7. The Morgan fingerprint density at radius 1 is 1.24 bits per heavy atom. The number of hydrogen-bond acceptors (Lipinski definition) is 6. The molecule has 0 radical (unpaired) electrons. The van der Waals surface area contributed by atoms with Crippen LogP contribution in [-0.4, -0.2) is 79.2 Å². The molecule has 0 spiro atoms. The lowest BCUT2D eigenvalue weighted by atomic mass is 10.2. The molecular weight excluding hydrogens is 322 g/mol. The molecule has 0 aliphatic carbocycles. The molecule has 2 heterocycles. The van der Waals surface area contributed by atoms with Crippen LogP contribution in [0.1, 0.15) is 30.1 Å². The van der Waals surface area contributed by atoms with Crippen molar-refractivity contribution in [2.75, 3.05) is 52.5 Å². The zero-order valence-electron chi connectivity index (χ0n) is 14.9. The molecule has 1 amide bonds. The number of morpholine rings is 1. The van der Waals surface area contributed by atoms with E-state index in [2.05, 4.69) is 9.88 Å². The molecule has 2 rings (SSSR count). The van der Waals surface area contributed by atoms with E-state index >= 15 is 0 Å². The summed E-state index contributed by atoms with van der Waals surface area (Å²) < 4.78 is 10.3. The fourth-order valence-electron chi connectivity index (χ4n) is 2.76. The number of amides is 1. The fraction of sp³-hybridized carbons (Fsp3) is 0.611. The molecule has 1 fully saturated rings. The molecule has 0 atom stereocenters. The number of rotatable bonds is 9. The van der Waals surface area contributed by atoms with Gasteiger partial charge in [-0.05, 0) is 25.5 Å². The monoisotopic (exact) mass is 349 g/mol. The summed E-state index contributed by atoms with van der Waals surface area (Å²) in [5, 5.41) is 0. The molecule has 7 heteroatoms. The minimum Gasteiger partial charge on any atom is -0.466 e. The number of ether oxygens (including phenoxy) is 2. The van der Waals surface area contributed by atoms with E-state index in [0.717, 1.165) is 39.3 Å². The van der Waals surface area contributed by atoms with Crippen LogP contribution in [0.5, 0.6) is 0 Å². The molecule has 138 valence electrons. The molecule has 1 aromatic rings. The van der Waals surface area contributed by atoms with Crippen LogP contribution in [-0.2, 0) is 14.3 Å². The molecular formula is C18H27N3O4. The van der Waals surface area contributed by atoms with Gasteiger partial charge in [0.05, 0.1) is 26.2 Å². The van der Waals surface area contributed by atoms with E-state index in [0.29, 0.717) is 25.3 Å². The molecule has 0 N–H and O–H groups in total. The van der Waals surface area contributed by atoms with Gasteiger partial charge in [0.15, 0.2) is 0 Å². The number of esters is 1. The molecule has 0 aromatic carbocycles. The van der Waals surface area contributed by atoms with Crippen LogP contribution in [0.25, 0.3) is 0 Å². The van der Waals surface area contributed by atoms with Crippen molar-refractivity contribution in [3.05, 3.63) is 30.1 Å². The molecule has 1 aliphatic rings. The highest BCUT2D eigenvalue weighted by atomic mass is 16.5. The third kappa shape index (κ3) is 6.80. The third-order valence-electron chi connectivity index (χ3n) is 4.11. The minimum atomic E-state index is -0.275. The fourth-order valence-corrected chi connectivity index (χ4v) is 2.76. The Bertz CT molecular complexity index is 532. The number of aromatic nitrogens is 1. The van der Waals surface area contributed by atoms with E-state index < -0.39 is 0 Å². The first-order valence-corrected chi connectivity index (χ1v) is 8.85. The van der Waals surface area contributed by atoms with Crippen molar-refractivity contribution in [1.82, 2.24) is 14.8 Å². The standard InChI is InChI=1S/C18H27N3O4/c1-2-25-17(22)6-11-21(18(23)16-4-7-19-8-5-16)10-3-9-20-12-14-24-15-13-20/h4-5,7-8H,2-3,6,9-15H2,1H3. The molecule has 1 aliphatic heterocycles. The number of carbonyl (C=O) groups is 2.